The first-order valence-electron chi connectivity index (χ1n) is 5.60. The second-order valence-electron chi connectivity index (χ2n) is 4.36. The van der Waals surface area contributed by atoms with Gasteiger partial charge in [0, 0.05) is 23.9 Å². The van der Waals surface area contributed by atoms with Gasteiger partial charge in [-0.1, -0.05) is 13.8 Å². The van der Waals surface area contributed by atoms with Crippen LogP contribution in [0.4, 0.5) is 0 Å². The van der Waals surface area contributed by atoms with Gasteiger partial charge in [0.15, 0.2) is 0 Å². The number of hydrogen-bond acceptors (Lipinski definition) is 1. The molecule has 0 aromatic carbocycles. The van der Waals surface area contributed by atoms with E-state index in [0.717, 1.165) is 19.4 Å². The summed E-state index contributed by atoms with van der Waals surface area (Å²) in [6, 6.07) is 4.17. The zero-order valence-corrected chi connectivity index (χ0v) is 9.36. The third-order valence-corrected chi connectivity index (χ3v) is 3.99. The molecule has 0 saturated carbocycles. The zero-order valence-electron chi connectivity index (χ0n) is 9.36. The number of primary amides is 1. The van der Waals surface area contributed by atoms with Gasteiger partial charge in [0.1, 0.15) is 0 Å². The van der Waals surface area contributed by atoms with E-state index in [1.54, 1.807) is 0 Å². The second kappa shape index (κ2) is 3.40. The lowest BCUT2D eigenvalue weighted by molar-refractivity contribution is -0.124. The van der Waals surface area contributed by atoms with Gasteiger partial charge in [0.25, 0.3) is 0 Å². The van der Waals surface area contributed by atoms with Crippen LogP contribution in [0, 0.1) is 5.92 Å². The lowest BCUT2D eigenvalue weighted by Gasteiger charge is -2.31. The molecule has 2 rings (SSSR count). The largest absolute Gasteiger partial charge is 0.369 e. The number of aromatic nitrogens is 1. The molecule has 82 valence electrons. The summed E-state index contributed by atoms with van der Waals surface area (Å²) in [7, 11) is 0. The first kappa shape index (κ1) is 10.3. The maximum Gasteiger partial charge on any atom is 0.223 e. The van der Waals surface area contributed by atoms with E-state index in [-0.39, 0.29) is 17.2 Å². The van der Waals surface area contributed by atoms with Gasteiger partial charge < -0.3 is 10.3 Å². The standard InChI is InChI=1S/C12H18N2O/c1-3-12(4-2)9(11(13)15)8-14-7-5-6-10(12)14/h5-7,9H,3-4,8H2,1-2H3,(H2,13,15). The fraction of sp³-hybridized carbons (Fsp3) is 0.583. The van der Waals surface area contributed by atoms with Crippen molar-refractivity contribution in [2.75, 3.05) is 0 Å². The number of fused-ring (bicyclic) bond motifs is 1. The van der Waals surface area contributed by atoms with Gasteiger partial charge in [-0.05, 0) is 25.0 Å². The minimum Gasteiger partial charge on any atom is -0.369 e. The van der Waals surface area contributed by atoms with Crippen LogP contribution in [-0.4, -0.2) is 10.5 Å². The molecule has 1 unspecified atom stereocenters. The number of hydrogen-bond donors (Lipinski definition) is 1. The fourth-order valence-corrected chi connectivity index (χ4v) is 3.04. The quantitative estimate of drug-likeness (QED) is 0.803. The van der Waals surface area contributed by atoms with Gasteiger partial charge in [0.05, 0.1) is 5.92 Å². The summed E-state index contributed by atoms with van der Waals surface area (Å²) in [5.74, 6) is -0.203. The normalized spacial score (nSPS) is 22.7. The van der Waals surface area contributed by atoms with Crippen LogP contribution in [-0.2, 0) is 16.8 Å². The summed E-state index contributed by atoms with van der Waals surface area (Å²) in [4.78, 5) is 11.5. The van der Waals surface area contributed by atoms with Crippen LogP contribution in [0.25, 0.3) is 0 Å². The van der Waals surface area contributed by atoms with Gasteiger partial charge >= 0.3 is 0 Å². The lowest BCUT2D eigenvalue weighted by Crippen LogP contribution is -2.39. The Morgan fingerprint density at radius 3 is 2.80 bits per heavy atom. The molecule has 0 spiro atoms. The molecule has 1 aliphatic heterocycles. The number of carbonyl (C=O) groups excluding carboxylic acids is 1. The van der Waals surface area contributed by atoms with Gasteiger partial charge in [0.2, 0.25) is 5.91 Å². The van der Waals surface area contributed by atoms with Crippen molar-refractivity contribution in [3.05, 3.63) is 24.0 Å². The maximum absolute atomic E-state index is 11.5. The molecule has 0 radical (unpaired) electrons. The molecule has 3 nitrogen and oxygen atoms in total. The molecule has 2 heterocycles. The maximum atomic E-state index is 11.5. The molecule has 0 bridgehead atoms. The van der Waals surface area contributed by atoms with Crippen molar-refractivity contribution < 1.29 is 4.79 Å². The van der Waals surface area contributed by atoms with E-state index in [9.17, 15) is 4.79 Å². The summed E-state index contributed by atoms with van der Waals surface area (Å²) in [5.41, 5.74) is 6.75. The molecule has 0 saturated heterocycles. The predicted molar refractivity (Wildman–Crippen MR) is 59.4 cm³/mol. The average Bonchev–Trinajstić information content (AvgIpc) is 2.75. The summed E-state index contributed by atoms with van der Waals surface area (Å²) in [5, 5.41) is 0. The number of carbonyl (C=O) groups is 1. The van der Waals surface area contributed by atoms with Crippen molar-refractivity contribution >= 4 is 5.91 Å². The molecule has 1 aliphatic rings. The molecule has 3 heteroatoms. The van der Waals surface area contributed by atoms with E-state index < -0.39 is 0 Å². The van der Waals surface area contributed by atoms with Crippen molar-refractivity contribution in [3.8, 4) is 0 Å². The highest BCUT2D eigenvalue weighted by atomic mass is 16.1. The number of nitrogens with zero attached hydrogens (tertiary/aromatic N) is 1. The fourth-order valence-electron chi connectivity index (χ4n) is 3.04. The topological polar surface area (TPSA) is 48.0 Å². The van der Waals surface area contributed by atoms with Crippen LogP contribution in [0.15, 0.2) is 18.3 Å². The molecule has 0 aliphatic carbocycles. The Balaban J connectivity index is 2.50. The van der Waals surface area contributed by atoms with E-state index in [1.165, 1.54) is 5.69 Å². The van der Waals surface area contributed by atoms with Crippen molar-refractivity contribution in [1.29, 1.82) is 0 Å². The smallest absolute Gasteiger partial charge is 0.223 e. The first-order valence-corrected chi connectivity index (χ1v) is 5.60. The zero-order chi connectivity index (χ0) is 11.1. The molecular formula is C12H18N2O. The third-order valence-electron chi connectivity index (χ3n) is 3.99. The van der Waals surface area contributed by atoms with Gasteiger partial charge in [-0.3, -0.25) is 4.79 Å². The van der Waals surface area contributed by atoms with E-state index in [2.05, 4.69) is 24.5 Å². The summed E-state index contributed by atoms with van der Waals surface area (Å²) < 4.78 is 2.17. The molecule has 0 fully saturated rings. The van der Waals surface area contributed by atoms with Crippen LogP contribution in [0.3, 0.4) is 0 Å². The van der Waals surface area contributed by atoms with Crippen LogP contribution >= 0.6 is 0 Å². The highest BCUT2D eigenvalue weighted by Gasteiger charge is 2.47. The van der Waals surface area contributed by atoms with E-state index in [4.69, 9.17) is 5.73 Å². The molecular weight excluding hydrogens is 188 g/mol. The van der Waals surface area contributed by atoms with Gasteiger partial charge in [-0.25, -0.2) is 0 Å². The summed E-state index contributed by atoms with van der Waals surface area (Å²) in [6.45, 7) is 5.03. The first-order chi connectivity index (χ1) is 7.15. The highest BCUT2D eigenvalue weighted by Crippen LogP contribution is 2.44. The van der Waals surface area contributed by atoms with E-state index in [1.807, 2.05) is 12.3 Å². The molecule has 2 N–H and O–H groups in total. The second-order valence-corrected chi connectivity index (χ2v) is 4.36. The monoisotopic (exact) mass is 206 g/mol. The van der Waals surface area contributed by atoms with Crippen molar-refractivity contribution in [3.63, 3.8) is 0 Å². The van der Waals surface area contributed by atoms with Crippen LogP contribution < -0.4 is 5.73 Å². The Morgan fingerprint density at radius 1 is 1.60 bits per heavy atom. The Bertz CT molecular complexity index is 377. The minimum absolute atomic E-state index is 0.0324. The van der Waals surface area contributed by atoms with Crippen molar-refractivity contribution in [1.82, 2.24) is 4.57 Å². The van der Waals surface area contributed by atoms with Gasteiger partial charge in [-0.2, -0.15) is 0 Å². The molecule has 1 aromatic rings. The summed E-state index contributed by atoms with van der Waals surface area (Å²) >= 11 is 0. The van der Waals surface area contributed by atoms with Crippen LogP contribution in [0.5, 0.6) is 0 Å². The van der Waals surface area contributed by atoms with Crippen molar-refractivity contribution in [2.24, 2.45) is 11.7 Å². The Hall–Kier alpha value is -1.25. The van der Waals surface area contributed by atoms with Gasteiger partial charge in [-0.15, -0.1) is 0 Å². The summed E-state index contributed by atoms with van der Waals surface area (Å²) in [6.07, 6.45) is 3.99. The predicted octanol–water partition coefficient (Wildman–Crippen LogP) is 1.66. The molecule has 1 amide bonds. The van der Waals surface area contributed by atoms with E-state index in [0.29, 0.717) is 0 Å². The highest BCUT2D eigenvalue weighted by molar-refractivity contribution is 5.79. The Labute approximate surface area is 90.3 Å². The van der Waals surface area contributed by atoms with E-state index >= 15 is 0 Å². The molecule has 15 heavy (non-hydrogen) atoms. The number of nitrogens with two attached hydrogens (primary N) is 1. The Morgan fingerprint density at radius 2 is 2.27 bits per heavy atom. The number of rotatable bonds is 3. The molecule has 1 atom stereocenters. The van der Waals surface area contributed by atoms with Crippen molar-refractivity contribution in [2.45, 2.75) is 38.6 Å². The van der Waals surface area contributed by atoms with Crippen LogP contribution in [0.1, 0.15) is 32.4 Å². The Kier molecular flexibility index (Phi) is 2.33. The molecule has 1 aromatic heterocycles. The van der Waals surface area contributed by atoms with Crippen LogP contribution in [0.2, 0.25) is 0 Å². The average molecular weight is 206 g/mol. The SMILES string of the molecule is CCC1(CC)c2cccn2CC1C(N)=O. The number of amides is 1. The third kappa shape index (κ3) is 1.22. The minimum atomic E-state index is -0.164. The lowest BCUT2D eigenvalue weighted by atomic mass is 9.71.